The Morgan fingerprint density at radius 3 is 2.56 bits per heavy atom. The highest BCUT2D eigenvalue weighted by atomic mass is 16.4. The molecule has 1 saturated heterocycles. The zero-order valence-electron chi connectivity index (χ0n) is 19.6. The molecule has 3 unspecified atom stereocenters. The molecule has 1 aromatic rings. The highest BCUT2D eigenvalue weighted by Crippen LogP contribution is 2.46. The van der Waals surface area contributed by atoms with Crippen LogP contribution in [0.1, 0.15) is 74.4 Å². The summed E-state index contributed by atoms with van der Waals surface area (Å²) in [5.74, 6) is -0.859. The van der Waals surface area contributed by atoms with Crippen LogP contribution in [0.5, 0.6) is 0 Å². The van der Waals surface area contributed by atoms with Crippen molar-refractivity contribution in [3.8, 4) is 0 Å². The second kappa shape index (κ2) is 8.41. The molecule has 1 aliphatic carbocycles. The Hall–Kier alpha value is -2.57. The Labute approximate surface area is 189 Å². The first-order valence-corrected chi connectivity index (χ1v) is 11.7. The van der Waals surface area contributed by atoms with E-state index in [-0.39, 0.29) is 41.4 Å². The number of hydrogen-bond donors (Lipinski definition) is 3. The molecule has 7 nitrogen and oxygen atoms in total. The van der Waals surface area contributed by atoms with E-state index < -0.39 is 5.97 Å². The monoisotopic (exact) mass is 441 g/mol. The van der Waals surface area contributed by atoms with Gasteiger partial charge in [0.25, 0.3) is 0 Å². The Morgan fingerprint density at radius 2 is 1.91 bits per heavy atom. The number of carboxylic acid groups (broad SMARTS) is 1. The zero-order chi connectivity index (χ0) is 23.2. The first kappa shape index (κ1) is 22.6. The van der Waals surface area contributed by atoms with E-state index in [9.17, 15) is 19.8 Å². The van der Waals surface area contributed by atoms with Gasteiger partial charge in [-0.3, -0.25) is 14.6 Å². The van der Waals surface area contributed by atoms with Crippen LogP contribution in [-0.4, -0.2) is 46.2 Å². The normalized spacial score (nSPS) is 27.4. The number of carbonyl (C=O) groups excluding carboxylic acids is 1. The molecule has 2 aliphatic heterocycles. The second-order valence-corrected chi connectivity index (χ2v) is 10.5. The van der Waals surface area contributed by atoms with E-state index in [1.54, 1.807) is 0 Å². The van der Waals surface area contributed by atoms with Gasteiger partial charge in [0.15, 0.2) is 0 Å². The Morgan fingerprint density at radius 1 is 1.22 bits per heavy atom. The predicted molar refractivity (Wildman–Crippen MR) is 123 cm³/mol. The summed E-state index contributed by atoms with van der Waals surface area (Å²) in [5.41, 5.74) is 5.03. The second-order valence-electron chi connectivity index (χ2n) is 10.5. The standard InChI is InChI=1S/C25H35N3O4/c1-14-17(12-22(31)32)24(28-9-7-25(3,4)8-10-28)23(15(2)26-14)16-5-6-19-18(11-16)20(29)13-21(30)27-19/h13,16,18-19,29H,5-12H2,1-4H3,(H,27,30)(H,31,32). The Kier molecular flexibility index (Phi) is 5.94. The average molecular weight is 442 g/mol. The molecule has 174 valence electrons. The van der Waals surface area contributed by atoms with Gasteiger partial charge in [-0.2, -0.15) is 0 Å². The van der Waals surface area contributed by atoms with E-state index in [4.69, 9.17) is 4.98 Å². The number of aliphatic hydroxyl groups excluding tert-OH is 1. The van der Waals surface area contributed by atoms with Gasteiger partial charge in [0.2, 0.25) is 5.91 Å². The molecule has 4 rings (SSSR count). The molecule has 3 N–H and O–H groups in total. The van der Waals surface area contributed by atoms with Crippen molar-refractivity contribution in [2.75, 3.05) is 18.0 Å². The van der Waals surface area contributed by atoms with E-state index in [0.717, 1.165) is 73.4 Å². The number of aliphatic hydroxyl groups is 1. The van der Waals surface area contributed by atoms with Gasteiger partial charge in [-0.1, -0.05) is 13.8 Å². The number of aliphatic carboxylic acids is 1. The molecule has 3 aliphatic rings. The number of piperidine rings is 1. The first-order chi connectivity index (χ1) is 15.1. The van der Waals surface area contributed by atoms with Crippen LogP contribution in [0.4, 0.5) is 5.69 Å². The van der Waals surface area contributed by atoms with E-state index >= 15 is 0 Å². The van der Waals surface area contributed by atoms with Crippen molar-refractivity contribution in [2.24, 2.45) is 11.3 Å². The number of rotatable bonds is 4. The van der Waals surface area contributed by atoms with Crippen molar-refractivity contribution >= 4 is 17.6 Å². The third-order valence-electron chi connectivity index (χ3n) is 7.71. The van der Waals surface area contributed by atoms with Crippen LogP contribution >= 0.6 is 0 Å². The van der Waals surface area contributed by atoms with Gasteiger partial charge < -0.3 is 20.4 Å². The highest BCUT2D eigenvalue weighted by Gasteiger charge is 2.40. The fraction of sp³-hybridized carbons (Fsp3) is 0.640. The lowest BCUT2D eigenvalue weighted by Crippen LogP contribution is -2.47. The average Bonchev–Trinajstić information content (AvgIpc) is 2.69. The van der Waals surface area contributed by atoms with Crippen molar-refractivity contribution in [1.82, 2.24) is 10.3 Å². The lowest BCUT2D eigenvalue weighted by molar-refractivity contribution is -0.136. The SMILES string of the molecule is Cc1nc(C)c(C2CCC3NC(=O)C=C(O)C3C2)c(N2CCC(C)(C)CC2)c1CC(=O)O. The van der Waals surface area contributed by atoms with Crippen molar-refractivity contribution in [2.45, 2.75) is 78.2 Å². The van der Waals surface area contributed by atoms with Crippen molar-refractivity contribution in [3.63, 3.8) is 0 Å². The predicted octanol–water partition coefficient (Wildman–Crippen LogP) is 3.78. The van der Waals surface area contributed by atoms with Crippen LogP contribution in [0.2, 0.25) is 0 Å². The van der Waals surface area contributed by atoms with Crippen molar-refractivity contribution < 1.29 is 19.8 Å². The topological polar surface area (TPSA) is 103 Å². The summed E-state index contributed by atoms with van der Waals surface area (Å²) in [6.07, 6.45) is 5.76. The number of carboxylic acids is 1. The maximum Gasteiger partial charge on any atom is 0.307 e. The van der Waals surface area contributed by atoms with Gasteiger partial charge in [-0.25, -0.2) is 0 Å². The highest BCUT2D eigenvalue weighted by molar-refractivity contribution is 5.89. The number of anilines is 1. The van der Waals surface area contributed by atoms with Crippen LogP contribution in [0, 0.1) is 25.2 Å². The van der Waals surface area contributed by atoms with E-state index in [2.05, 4.69) is 24.1 Å². The van der Waals surface area contributed by atoms with Gasteiger partial charge in [0, 0.05) is 59.3 Å². The molecule has 0 spiro atoms. The van der Waals surface area contributed by atoms with E-state index in [1.807, 2.05) is 13.8 Å². The van der Waals surface area contributed by atoms with Gasteiger partial charge in [0.05, 0.1) is 6.42 Å². The van der Waals surface area contributed by atoms with E-state index in [0.29, 0.717) is 0 Å². The minimum atomic E-state index is -0.845. The summed E-state index contributed by atoms with van der Waals surface area (Å²) in [6, 6.07) is -0.0415. The molecule has 1 aromatic heterocycles. The van der Waals surface area contributed by atoms with Gasteiger partial charge in [-0.05, 0) is 57.3 Å². The minimum absolute atomic E-state index is 0.0404. The molecule has 1 saturated carbocycles. The number of pyridine rings is 1. The van der Waals surface area contributed by atoms with Gasteiger partial charge in [-0.15, -0.1) is 0 Å². The maximum atomic E-state index is 11.8. The minimum Gasteiger partial charge on any atom is -0.512 e. The number of nitrogens with zero attached hydrogens (tertiary/aromatic N) is 2. The number of nitrogens with one attached hydrogen (secondary N) is 1. The van der Waals surface area contributed by atoms with Crippen LogP contribution in [0.3, 0.4) is 0 Å². The number of amides is 1. The molecular formula is C25H35N3O4. The van der Waals surface area contributed by atoms with Crippen LogP contribution in [0.25, 0.3) is 0 Å². The maximum absolute atomic E-state index is 11.8. The van der Waals surface area contributed by atoms with Gasteiger partial charge >= 0.3 is 5.97 Å². The summed E-state index contributed by atoms with van der Waals surface area (Å²) < 4.78 is 0. The molecule has 1 amide bonds. The van der Waals surface area contributed by atoms with Gasteiger partial charge in [0.1, 0.15) is 5.76 Å². The van der Waals surface area contributed by atoms with Crippen LogP contribution in [-0.2, 0) is 16.0 Å². The summed E-state index contributed by atoms with van der Waals surface area (Å²) >= 11 is 0. The summed E-state index contributed by atoms with van der Waals surface area (Å²) in [6.45, 7) is 10.3. The number of fused-ring (bicyclic) bond motifs is 1. The largest absolute Gasteiger partial charge is 0.512 e. The molecule has 7 heteroatoms. The third-order valence-corrected chi connectivity index (χ3v) is 7.71. The number of carbonyl (C=O) groups is 2. The summed E-state index contributed by atoms with van der Waals surface area (Å²) in [5, 5.41) is 23.1. The lowest BCUT2D eigenvalue weighted by atomic mass is 9.72. The molecule has 3 atom stereocenters. The zero-order valence-corrected chi connectivity index (χ0v) is 19.6. The molecular weight excluding hydrogens is 406 g/mol. The Bertz CT molecular complexity index is 958. The van der Waals surface area contributed by atoms with Crippen LogP contribution in [0.15, 0.2) is 11.8 Å². The fourth-order valence-electron chi connectivity index (χ4n) is 5.83. The third kappa shape index (κ3) is 4.34. The van der Waals surface area contributed by atoms with E-state index in [1.165, 1.54) is 6.08 Å². The molecule has 0 aromatic carbocycles. The summed E-state index contributed by atoms with van der Waals surface area (Å²) in [7, 11) is 0. The summed E-state index contributed by atoms with van der Waals surface area (Å²) in [4.78, 5) is 30.7. The molecule has 2 fully saturated rings. The van der Waals surface area contributed by atoms with Crippen LogP contribution < -0.4 is 10.2 Å². The quantitative estimate of drug-likeness (QED) is 0.657. The van der Waals surface area contributed by atoms with Crippen molar-refractivity contribution in [1.29, 1.82) is 0 Å². The smallest absolute Gasteiger partial charge is 0.307 e. The number of aromatic nitrogens is 1. The molecule has 0 bridgehead atoms. The van der Waals surface area contributed by atoms with Crippen molar-refractivity contribution in [3.05, 3.63) is 34.3 Å². The molecule has 3 heterocycles. The first-order valence-electron chi connectivity index (χ1n) is 11.7. The molecule has 0 radical (unpaired) electrons. The lowest BCUT2D eigenvalue weighted by Gasteiger charge is -2.43. The molecule has 32 heavy (non-hydrogen) atoms. The number of aryl methyl sites for hydroxylation is 2. The number of hydrogen-bond acceptors (Lipinski definition) is 5. The fourth-order valence-corrected chi connectivity index (χ4v) is 5.83. The Balaban J connectivity index is 1.77.